The van der Waals surface area contributed by atoms with E-state index in [9.17, 15) is 0 Å². The Morgan fingerprint density at radius 3 is 2.20 bits per heavy atom. The summed E-state index contributed by atoms with van der Waals surface area (Å²) in [6.07, 6.45) is 0. The number of aryl methyl sites for hydroxylation is 3. The first-order valence-corrected chi connectivity index (χ1v) is 6.48. The zero-order chi connectivity index (χ0) is 11.4. The van der Waals surface area contributed by atoms with E-state index in [-0.39, 0.29) is 0 Å². The van der Waals surface area contributed by atoms with Gasteiger partial charge in [-0.25, -0.2) is 0 Å². The number of hydrogen-bond acceptors (Lipinski definition) is 2. The Morgan fingerprint density at radius 1 is 1.20 bits per heavy atom. The first kappa shape index (κ1) is 12.6. The monoisotopic (exact) mass is 223 g/mol. The second-order valence-electron chi connectivity index (χ2n) is 4.23. The maximum absolute atomic E-state index is 5.62. The van der Waals surface area contributed by atoms with E-state index in [1.54, 1.807) is 0 Å². The van der Waals surface area contributed by atoms with Crippen molar-refractivity contribution in [2.45, 2.75) is 38.7 Å². The minimum Gasteiger partial charge on any atom is -0.329 e. The third-order valence-electron chi connectivity index (χ3n) is 2.68. The lowest BCUT2D eigenvalue weighted by Gasteiger charge is -2.13. The lowest BCUT2D eigenvalue weighted by Crippen LogP contribution is -2.12. The Morgan fingerprint density at radius 2 is 1.73 bits per heavy atom. The SMILES string of the molecule is Cc1cc(C)c(CSC(C)CN)c(C)c1. The molecule has 0 aromatic heterocycles. The van der Waals surface area contributed by atoms with E-state index in [0.29, 0.717) is 5.25 Å². The van der Waals surface area contributed by atoms with Crippen LogP contribution < -0.4 is 5.73 Å². The van der Waals surface area contributed by atoms with Crippen LogP contribution in [0.4, 0.5) is 0 Å². The quantitative estimate of drug-likeness (QED) is 0.848. The molecule has 0 aliphatic heterocycles. The van der Waals surface area contributed by atoms with Crippen LogP contribution in [0, 0.1) is 20.8 Å². The van der Waals surface area contributed by atoms with Crippen molar-refractivity contribution in [3.8, 4) is 0 Å². The molecule has 2 N–H and O–H groups in total. The minimum absolute atomic E-state index is 0.546. The van der Waals surface area contributed by atoms with Crippen LogP contribution in [-0.2, 0) is 5.75 Å². The Hall–Kier alpha value is -0.470. The number of nitrogens with two attached hydrogens (primary N) is 1. The fraction of sp³-hybridized carbons (Fsp3) is 0.538. The van der Waals surface area contributed by atoms with Gasteiger partial charge in [0.25, 0.3) is 0 Å². The molecule has 0 amide bonds. The highest BCUT2D eigenvalue weighted by Crippen LogP contribution is 2.23. The largest absolute Gasteiger partial charge is 0.329 e. The summed E-state index contributed by atoms with van der Waals surface area (Å²) in [7, 11) is 0. The molecule has 0 saturated carbocycles. The molecule has 1 atom stereocenters. The highest BCUT2D eigenvalue weighted by Gasteiger charge is 2.06. The molecular formula is C13H21NS. The van der Waals surface area contributed by atoms with Gasteiger partial charge in [0, 0.05) is 17.5 Å². The molecule has 1 aromatic carbocycles. The second kappa shape index (κ2) is 5.57. The molecule has 84 valence electrons. The molecule has 0 aliphatic carbocycles. The number of thioether (sulfide) groups is 1. The van der Waals surface area contributed by atoms with Crippen LogP contribution >= 0.6 is 11.8 Å². The third-order valence-corrected chi connectivity index (χ3v) is 3.90. The Bertz CT molecular complexity index is 310. The molecule has 2 heteroatoms. The lowest BCUT2D eigenvalue weighted by atomic mass is 10.0. The maximum Gasteiger partial charge on any atom is 0.0192 e. The molecule has 1 nitrogen and oxygen atoms in total. The fourth-order valence-electron chi connectivity index (χ4n) is 1.73. The summed E-state index contributed by atoms with van der Waals surface area (Å²) in [6.45, 7) is 9.49. The summed E-state index contributed by atoms with van der Waals surface area (Å²) < 4.78 is 0. The van der Waals surface area contributed by atoms with Crippen molar-refractivity contribution in [2.24, 2.45) is 5.73 Å². The highest BCUT2D eigenvalue weighted by atomic mass is 32.2. The number of rotatable bonds is 4. The average molecular weight is 223 g/mol. The summed E-state index contributed by atoms with van der Waals surface area (Å²) in [5, 5.41) is 0.546. The van der Waals surface area contributed by atoms with Crippen LogP contribution in [0.15, 0.2) is 12.1 Å². The van der Waals surface area contributed by atoms with Crippen molar-refractivity contribution in [1.82, 2.24) is 0 Å². The molecule has 0 heterocycles. The van der Waals surface area contributed by atoms with Crippen molar-refractivity contribution >= 4 is 11.8 Å². The number of hydrogen-bond donors (Lipinski definition) is 1. The Balaban J connectivity index is 2.77. The predicted molar refractivity (Wildman–Crippen MR) is 70.5 cm³/mol. The first-order valence-electron chi connectivity index (χ1n) is 5.43. The summed E-state index contributed by atoms with van der Waals surface area (Å²) >= 11 is 1.94. The van der Waals surface area contributed by atoms with E-state index < -0.39 is 0 Å². The molecule has 0 bridgehead atoms. The van der Waals surface area contributed by atoms with Gasteiger partial charge in [0.1, 0.15) is 0 Å². The summed E-state index contributed by atoms with van der Waals surface area (Å²) in [5.41, 5.74) is 11.3. The Labute approximate surface area is 97.4 Å². The van der Waals surface area contributed by atoms with E-state index in [4.69, 9.17) is 5.73 Å². The molecule has 0 radical (unpaired) electrons. The summed E-state index contributed by atoms with van der Waals surface area (Å²) in [5.74, 6) is 1.08. The normalized spacial score (nSPS) is 12.9. The Kier molecular flexibility index (Phi) is 4.68. The van der Waals surface area contributed by atoms with Gasteiger partial charge in [-0.2, -0.15) is 11.8 Å². The molecule has 1 aromatic rings. The molecule has 1 unspecified atom stereocenters. The van der Waals surface area contributed by atoms with E-state index in [1.165, 1.54) is 22.3 Å². The lowest BCUT2D eigenvalue weighted by molar-refractivity contribution is 0.950. The van der Waals surface area contributed by atoms with Crippen LogP contribution in [0.25, 0.3) is 0 Å². The van der Waals surface area contributed by atoms with Gasteiger partial charge in [-0.3, -0.25) is 0 Å². The van der Waals surface area contributed by atoms with E-state index >= 15 is 0 Å². The second-order valence-corrected chi connectivity index (χ2v) is 5.66. The van der Waals surface area contributed by atoms with Crippen LogP contribution in [-0.4, -0.2) is 11.8 Å². The smallest absolute Gasteiger partial charge is 0.0192 e. The standard InChI is InChI=1S/C13H21NS/c1-9-5-10(2)13(11(3)6-9)8-15-12(4)7-14/h5-6,12H,7-8,14H2,1-4H3. The van der Waals surface area contributed by atoms with Gasteiger partial charge in [-0.15, -0.1) is 0 Å². The van der Waals surface area contributed by atoms with E-state index in [2.05, 4.69) is 39.8 Å². The van der Waals surface area contributed by atoms with Crippen molar-refractivity contribution < 1.29 is 0 Å². The zero-order valence-corrected chi connectivity index (χ0v) is 10.9. The topological polar surface area (TPSA) is 26.0 Å². The van der Waals surface area contributed by atoms with Crippen LogP contribution in [0.3, 0.4) is 0 Å². The molecule has 1 rings (SSSR count). The molecular weight excluding hydrogens is 202 g/mol. The van der Waals surface area contributed by atoms with Crippen LogP contribution in [0.1, 0.15) is 29.2 Å². The molecule has 15 heavy (non-hydrogen) atoms. The minimum atomic E-state index is 0.546. The zero-order valence-electron chi connectivity index (χ0n) is 10.1. The predicted octanol–water partition coefficient (Wildman–Crippen LogP) is 3.19. The fourth-order valence-corrected chi connectivity index (χ4v) is 2.77. The van der Waals surface area contributed by atoms with Gasteiger partial charge < -0.3 is 5.73 Å². The first-order chi connectivity index (χ1) is 7.04. The van der Waals surface area contributed by atoms with Crippen molar-refractivity contribution in [1.29, 1.82) is 0 Å². The van der Waals surface area contributed by atoms with Gasteiger partial charge in [0.05, 0.1) is 0 Å². The maximum atomic E-state index is 5.62. The van der Waals surface area contributed by atoms with Gasteiger partial charge in [-0.1, -0.05) is 24.6 Å². The summed E-state index contributed by atoms with van der Waals surface area (Å²) in [4.78, 5) is 0. The molecule has 0 aliphatic rings. The molecule has 0 saturated heterocycles. The average Bonchev–Trinajstić information content (AvgIpc) is 2.15. The van der Waals surface area contributed by atoms with Gasteiger partial charge in [0.15, 0.2) is 0 Å². The van der Waals surface area contributed by atoms with Gasteiger partial charge >= 0.3 is 0 Å². The van der Waals surface area contributed by atoms with E-state index in [0.717, 1.165) is 12.3 Å². The third kappa shape index (κ3) is 3.54. The van der Waals surface area contributed by atoms with Crippen LogP contribution in [0.5, 0.6) is 0 Å². The van der Waals surface area contributed by atoms with Gasteiger partial charge in [-0.05, 0) is 37.5 Å². The van der Waals surface area contributed by atoms with Crippen LogP contribution in [0.2, 0.25) is 0 Å². The number of benzene rings is 1. The molecule has 0 fully saturated rings. The van der Waals surface area contributed by atoms with Crippen molar-refractivity contribution in [2.75, 3.05) is 6.54 Å². The molecule has 0 spiro atoms. The van der Waals surface area contributed by atoms with Crippen molar-refractivity contribution in [3.63, 3.8) is 0 Å². The summed E-state index contributed by atoms with van der Waals surface area (Å²) in [6, 6.07) is 4.52. The highest BCUT2D eigenvalue weighted by molar-refractivity contribution is 7.99. The van der Waals surface area contributed by atoms with Gasteiger partial charge in [0.2, 0.25) is 0 Å². The van der Waals surface area contributed by atoms with Crippen molar-refractivity contribution in [3.05, 3.63) is 34.4 Å². The van der Waals surface area contributed by atoms with E-state index in [1.807, 2.05) is 11.8 Å².